The lowest BCUT2D eigenvalue weighted by atomic mass is 10.2. The van der Waals surface area contributed by atoms with E-state index in [1.54, 1.807) is 11.7 Å². The van der Waals surface area contributed by atoms with Gasteiger partial charge in [0.1, 0.15) is 5.82 Å². The van der Waals surface area contributed by atoms with Gasteiger partial charge in [0.2, 0.25) is 5.91 Å². The first kappa shape index (κ1) is 18.5. The van der Waals surface area contributed by atoms with E-state index in [4.69, 9.17) is 11.6 Å². The molecule has 0 aliphatic heterocycles. The highest BCUT2D eigenvalue weighted by atomic mass is 35.5. The maximum Gasteiger partial charge on any atom is 0.235 e. The Bertz CT molecular complexity index is 935. The molecule has 26 heavy (non-hydrogen) atoms. The molecule has 0 atom stereocenters. The summed E-state index contributed by atoms with van der Waals surface area (Å²) < 4.78 is 3.61. The largest absolute Gasteiger partial charge is 0.310 e. The van der Waals surface area contributed by atoms with Crippen molar-refractivity contribution in [2.24, 2.45) is 7.05 Å². The summed E-state index contributed by atoms with van der Waals surface area (Å²) in [5.41, 5.74) is 1.75. The third-order valence-corrected chi connectivity index (χ3v) is 4.92. The van der Waals surface area contributed by atoms with E-state index in [-0.39, 0.29) is 11.7 Å². The Hall–Kier alpha value is -2.32. The first-order valence-corrected chi connectivity index (χ1v) is 9.46. The lowest BCUT2D eigenvalue weighted by molar-refractivity contribution is -0.113. The zero-order valence-corrected chi connectivity index (χ0v) is 16.3. The monoisotopic (exact) mass is 390 g/mol. The predicted molar refractivity (Wildman–Crippen MR) is 103 cm³/mol. The van der Waals surface area contributed by atoms with Gasteiger partial charge < -0.3 is 9.88 Å². The van der Waals surface area contributed by atoms with E-state index in [0.29, 0.717) is 22.5 Å². The first-order valence-electron chi connectivity index (χ1n) is 8.10. The van der Waals surface area contributed by atoms with Crippen LogP contribution in [-0.4, -0.2) is 36.2 Å². The Morgan fingerprint density at radius 3 is 2.77 bits per heavy atom. The van der Waals surface area contributed by atoms with E-state index in [9.17, 15) is 4.79 Å². The van der Waals surface area contributed by atoms with Crippen molar-refractivity contribution in [2.45, 2.75) is 25.5 Å². The average molecular weight is 391 g/mol. The van der Waals surface area contributed by atoms with E-state index in [2.05, 4.69) is 20.6 Å². The summed E-state index contributed by atoms with van der Waals surface area (Å²) in [5, 5.41) is 16.9. The normalized spacial score (nSPS) is 10.9. The SMILES string of the molecule is CCn1c(SCC(=O)Nc2cc(C)nn2C)nnc1-c1cccc(Cl)c1. The number of nitrogens with one attached hydrogen (secondary N) is 1. The van der Waals surface area contributed by atoms with E-state index >= 15 is 0 Å². The second-order valence-electron chi connectivity index (χ2n) is 5.69. The summed E-state index contributed by atoms with van der Waals surface area (Å²) >= 11 is 7.41. The molecule has 0 saturated carbocycles. The molecule has 0 fully saturated rings. The van der Waals surface area contributed by atoms with E-state index in [1.165, 1.54) is 11.8 Å². The number of hydrogen-bond acceptors (Lipinski definition) is 5. The summed E-state index contributed by atoms with van der Waals surface area (Å²) in [6.07, 6.45) is 0. The molecule has 9 heteroatoms. The molecule has 2 heterocycles. The van der Waals surface area contributed by atoms with Gasteiger partial charge in [-0.15, -0.1) is 10.2 Å². The minimum absolute atomic E-state index is 0.118. The Kier molecular flexibility index (Phi) is 5.63. The molecule has 1 amide bonds. The van der Waals surface area contributed by atoms with Crippen molar-refractivity contribution in [3.05, 3.63) is 41.0 Å². The second kappa shape index (κ2) is 7.92. The third-order valence-electron chi connectivity index (χ3n) is 3.72. The fourth-order valence-electron chi connectivity index (χ4n) is 2.56. The summed E-state index contributed by atoms with van der Waals surface area (Å²) in [4.78, 5) is 12.2. The number of thioether (sulfide) groups is 1. The standard InChI is InChI=1S/C17H19ClN6OS/c1-4-24-16(12-6-5-7-13(18)9-12)20-21-17(24)26-10-15(25)19-14-8-11(2)22-23(14)3/h5-9H,4,10H2,1-3H3,(H,19,25). The van der Waals surface area contributed by atoms with Gasteiger partial charge in [-0.25, -0.2) is 0 Å². The number of carbonyl (C=O) groups excluding carboxylic acids is 1. The van der Waals surface area contributed by atoms with Gasteiger partial charge in [-0.3, -0.25) is 9.48 Å². The highest BCUT2D eigenvalue weighted by Crippen LogP contribution is 2.25. The lowest BCUT2D eigenvalue weighted by Crippen LogP contribution is -2.16. The topological polar surface area (TPSA) is 77.6 Å². The zero-order chi connectivity index (χ0) is 18.7. The van der Waals surface area contributed by atoms with Gasteiger partial charge in [-0.2, -0.15) is 5.10 Å². The van der Waals surface area contributed by atoms with Crippen molar-refractivity contribution in [3.63, 3.8) is 0 Å². The molecule has 136 valence electrons. The summed E-state index contributed by atoms with van der Waals surface area (Å²) in [6, 6.07) is 9.31. The smallest absolute Gasteiger partial charge is 0.235 e. The van der Waals surface area contributed by atoms with Crippen LogP contribution in [0.25, 0.3) is 11.4 Å². The number of benzene rings is 1. The van der Waals surface area contributed by atoms with Crippen LogP contribution in [0, 0.1) is 6.92 Å². The number of aryl methyl sites for hydroxylation is 2. The van der Waals surface area contributed by atoms with Crippen molar-refractivity contribution < 1.29 is 4.79 Å². The molecule has 2 aromatic heterocycles. The molecule has 0 aliphatic rings. The quantitative estimate of drug-likeness (QED) is 0.653. The van der Waals surface area contributed by atoms with E-state index in [0.717, 1.165) is 17.1 Å². The van der Waals surface area contributed by atoms with Crippen molar-refractivity contribution in [3.8, 4) is 11.4 Å². The minimum atomic E-state index is -0.118. The minimum Gasteiger partial charge on any atom is -0.310 e. The average Bonchev–Trinajstić information content (AvgIpc) is 3.15. The number of carbonyl (C=O) groups is 1. The summed E-state index contributed by atoms with van der Waals surface area (Å²) in [6.45, 7) is 4.59. The molecule has 1 N–H and O–H groups in total. The molecule has 1 aromatic carbocycles. The fraction of sp³-hybridized carbons (Fsp3) is 0.294. The molecule has 0 radical (unpaired) electrons. The molecule has 0 saturated heterocycles. The molecule has 3 rings (SSSR count). The number of nitrogens with zero attached hydrogens (tertiary/aromatic N) is 5. The Labute approximate surface area is 160 Å². The predicted octanol–water partition coefficient (Wildman–Crippen LogP) is 3.39. The summed E-state index contributed by atoms with van der Waals surface area (Å²) in [7, 11) is 1.79. The highest BCUT2D eigenvalue weighted by molar-refractivity contribution is 7.99. The van der Waals surface area contributed by atoms with Gasteiger partial charge in [0.05, 0.1) is 11.4 Å². The van der Waals surface area contributed by atoms with Crippen LogP contribution in [-0.2, 0) is 18.4 Å². The van der Waals surface area contributed by atoms with Gasteiger partial charge in [0.15, 0.2) is 11.0 Å². The van der Waals surface area contributed by atoms with Crippen molar-refractivity contribution in [1.29, 1.82) is 0 Å². The molecule has 0 spiro atoms. The van der Waals surface area contributed by atoms with Gasteiger partial charge in [-0.1, -0.05) is 35.5 Å². The molecule has 0 aliphatic carbocycles. The highest BCUT2D eigenvalue weighted by Gasteiger charge is 2.15. The zero-order valence-electron chi connectivity index (χ0n) is 14.7. The van der Waals surface area contributed by atoms with Crippen LogP contribution in [0.15, 0.2) is 35.5 Å². The number of amides is 1. The van der Waals surface area contributed by atoms with Crippen molar-refractivity contribution in [1.82, 2.24) is 24.5 Å². The summed E-state index contributed by atoms with van der Waals surface area (Å²) in [5.74, 6) is 1.52. The van der Waals surface area contributed by atoms with Crippen LogP contribution in [0.4, 0.5) is 5.82 Å². The molecule has 0 bridgehead atoms. The number of rotatable bonds is 6. The van der Waals surface area contributed by atoms with Crippen LogP contribution < -0.4 is 5.32 Å². The number of aromatic nitrogens is 5. The number of halogens is 1. The van der Waals surface area contributed by atoms with Crippen molar-refractivity contribution >= 4 is 35.1 Å². The van der Waals surface area contributed by atoms with Gasteiger partial charge >= 0.3 is 0 Å². The second-order valence-corrected chi connectivity index (χ2v) is 7.07. The fourth-order valence-corrected chi connectivity index (χ4v) is 3.55. The maximum absolute atomic E-state index is 12.2. The molecular weight excluding hydrogens is 372 g/mol. The molecular formula is C17H19ClN6OS. The van der Waals surface area contributed by atoms with E-state index < -0.39 is 0 Å². The first-order chi connectivity index (χ1) is 12.5. The molecule has 7 nitrogen and oxygen atoms in total. The maximum atomic E-state index is 12.2. The van der Waals surface area contributed by atoms with Crippen LogP contribution in [0.5, 0.6) is 0 Å². The van der Waals surface area contributed by atoms with Gasteiger partial charge in [0.25, 0.3) is 0 Å². The van der Waals surface area contributed by atoms with Crippen LogP contribution >= 0.6 is 23.4 Å². The van der Waals surface area contributed by atoms with Crippen molar-refractivity contribution in [2.75, 3.05) is 11.1 Å². The van der Waals surface area contributed by atoms with Gasteiger partial charge in [0, 0.05) is 30.2 Å². The molecule has 3 aromatic rings. The Morgan fingerprint density at radius 1 is 1.31 bits per heavy atom. The number of hydrogen-bond donors (Lipinski definition) is 1. The van der Waals surface area contributed by atoms with Gasteiger partial charge in [-0.05, 0) is 26.0 Å². The Morgan fingerprint density at radius 2 is 2.12 bits per heavy atom. The lowest BCUT2D eigenvalue weighted by Gasteiger charge is -2.08. The number of anilines is 1. The third kappa shape index (κ3) is 4.08. The van der Waals surface area contributed by atoms with E-state index in [1.807, 2.05) is 48.7 Å². The van der Waals surface area contributed by atoms with Crippen LogP contribution in [0.2, 0.25) is 5.02 Å². The van der Waals surface area contributed by atoms with Crippen LogP contribution in [0.1, 0.15) is 12.6 Å². The van der Waals surface area contributed by atoms with Crippen LogP contribution in [0.3, 0.4) is 0 Å². The molecule has 0 unspecified atom stereocenters. The Balaban J connectivity index is 1.70.